The van der Waals surface area contributed by atoms with Gasteiger partial charge in [-0.2, -0.15) is 0 Å². The first-order valence-corrected chi connectivity index (χ1v) is 7.50. The Morgan fingerprint density at radius 2 is 2.26 bits per heavy atom. The molecular weight excluding hydrogens is 282 g/mol. The van der Waals surface area contributed by atoms with Gasteiger partial charge in [-0.05, 0) is 35.0 Å². The third-order valence-electron chi connectivity index (χ3n) is 2.64. The van der Waals surface area contributed by atoms with Gasteiger partial charge in [0.1, 0.15) is 0 Å². The Hall–Kier alpha value is -1.27. The Kier molecular flexibility index (Phi) is 5.04. The maximum atomic E-state index is 6.13. The van der Waals surface area contributed by atoms with Crippen LogP contribution < -0.4 is 5.73 Å². The molecular formula is C12H16ClN5S. The molecule has 0 aliphatic carbocycles. The van der Waals surface area contributed by atoms with Crippen LogP contribution in [-0.2, 0) is 12.3 Å². The molecule has 0 bridgehead atoms. The number of hydrogen-bond donors (Lipinski definition) is 1. The van der Waals surface area contributed by atoms with E-state index in [0.29, 0.717) is 16.5 Å². The highest BCUT2D eigenvalue weighted by molar-refractivity contribution is 7.98. The normalized spacial score (nSPS) is 10.8. The molecule has 0 fully saturated rings. The summed E-state index contributed by atoms with van der Waals surface area (Å²) < 4.78 is 1.85. The molecule has 2 N–H and O–H groups in total. The van der Waals surface area contributed by atoms with E-state index < -0.39 is 0 Å². The second kappa shape index (κ2) is 6.77. The van der Waals surface area contributed by atoms with E-state index in [-0.39, 0.29) is 0 Å². The van der Waals surface area contributed by atoms with Gasteiger partial charge in [0.05, 0.1) is 10.8 Å². The van der Waals surface area contributed by atoms with Gasteiger partial charge < -0.3 is 5.73 Å². The minimum Gasteiger partial charge on any atom is -0.399 e. The summed E-state index contributed by atoms with van der Waals surface area (Å²) in [6.45, 7) is 3.00. The number of nitrogens with zero attached hydrogens (tertiary/aromatic N) is 4. The first-order chi connectivity index (χ1) is 9.20. The van der Waals surface area contributed by atoms with Crippen molar-refractivity contribution in [1.82, 2.24) is 20.2 Å². The monoisotopic (exact) mass is 297 g/mol. The fraction of sp³-hybridized carbons (Fsp3) is 0.417. The predicted octanol–water partition coefficient (Wildman–Crippen LogP) is 3.00. The molecule has 0 radical (unpaired) electrons. The molecule has 0 atom stereocenters. The standard InChI is InChI=1S/C12H16ClN5S/c1-2-3-6-18-12(15-16-17-18)8-19-11-5-4-9(14)7-10(11)13/h4-5,7H,2-3,6,8,14H2,1H3. The van der Waals surface area contributed by atoms with E-state index in [1.54, 1.807) is 17.8 Å². The van der Waals surface area contributed by atoms with Crippen molar-refractivity contribution in [3.63, 3.8) is 0 Å². The number of thioether (sulfide) groups is 1. The number of benzene rings is 1. The number of nitrogen functional groups attached to an aromatic ring is 1. The van der Waals surface area contributed by atoms with Gasteiger partial charge in [-0.1, -0.05) is 24.9 Å². The minimum absolute atomic E-state index is 0.664. The smallest absolute Gasteiger partial charge is 0.161 e. The number of anilines is 1. The molecule has 102 valence electrons. The molecule has 1 heterocycles. The number of nitrogens with two attached hydrogens (primary N) is 1. The molecule has 0 amide bonds. The summed E-state index contributed by atoms with van der Waals surface area (Å²) in [5.74, 6) is 1.56. The van der Waals surface area contributed by atoms with Crippen molar-refractivity contribution in [2.45, 2.75) is 37.0 Å². The van der Waals surface area contributed by atoms with Crippen molar-refractivity contribution >= 4 is 29.1 Å². The van der Waals surface area contributed by atoms with Gasteiger partial charge in [-0.3, -0.25) is 0 Å². The van der Waals surface area contributed by atoms with Crippen molar-refractivity contribution in [3.8, 4) is 0 Å². The van der Waals surface area contributed by atoms with E-state index in [1.165, 1.54) is 0 Å². The quantitative estimate of drug-likeness (QED) is 0.655. The van der Waals surface area contributed by atoms with Crippen molar-refractivity contribution < 1.29 is 0 Å². The molecule has 2 rings (SSSR count). The number of unbranched alkanes of at least 4 members (excludes halogenated alkanes) is 1. The Labute approximate surface area is 121 Å². The van der Waals surface area contributed by atoms with E-state index >= 15 is 0 Å². The largest absolute Gasteiger partial charge is 0.399 e. The Balaban J connectivity index is 2.00. The number of hydrogen-bond acceptors (Lipinski definition) is 5. The van der Waals surface area contributed by atoms with Crippen LogP contribution in [0.3, 0.4) is 0 Å². The van der Waals surface area contributed by atoms with Crippen molar-refractivity contribution in [2.24, 2.45) is 0 Å². The maximum absolute atomic E-state index is 6.13. The molecule has 0 saturated carbocycles. The average Bonchev–Trinajstić information content (AvgIpc) is 2.83. The molecule has 5 nitrogen and oxygen atoms in total. The lowest BCUT2D eigenvalue weighted by Gasteiger charge is -2.05. The van der Waals surface area contributed by atoms with Crippen LogP contribution in [0, 0.1) is 0 Å². The third kappa shape index (κ3) is 3.84. The van der Waals surface area contributed by atoms with Gasteiger partial charge in [0, 0.05) is 17.1 Å². The minimum atomic E-state index is 0.664. The first kappa shape index (κ1) is 14.1. The third-order valence-corrected chi connectivity index (χ3v) is 4.14. The lowest BCUT2D eigenvalue weighted by atomic mass is 10.3. The van der Waals surface area contributed by atoms with Crippen LogP contribution in [0.15, 0.2) is 23.1 Å². The molecule has 19 heavy (non-hydrogen) atoms. The summed E-state index contributed by atoms with van der Waals surface area (Å²) >= 11 is 7.74. The van der Waals surface area contributed by atoms with Gasteiger partial charge in [-0.15, -0.1) is 16.9 Å². The number of tetrazole rings is 1. The van der Waals surface area contributed by atoms with Gasteiger partial charge in [-0.25, -0.2) is 4.68 Å². The fourth-order valence-electron chi connectivity index (χ4n) is 1.58. The highest BCUT2D eigenvalue weighted by atomic mass is 35.5. The van der Waals surface area contributed by atoms with Crippen molar-refractivity contribution in [3.05, 3.63) is 29.0 Å². The first-order valence-electron chi connectivity index (χ1n) is 6.13. The van der Waals surface area contributed by atoms with Gasteiger partial charge >= 0.3 is 0 Å². The zero-order valence-electron chi connectivity index (χ0n) is 10.7. The number of halogens is 1. The van der Waals surface area contributed by atoms with Crippen LogP contribution in [0.1, 0.15) is 25.6 Å². The highest BCUT2D eigenvalue weighted by Crippen LogP contribution is 2.30. The molecule has 1 aromatic carbocycles. The molecule has 0 saturated heterocycles. The lowest BCUT2D eigenvalue weighted by molar-refractivity contribution is 0.540. The van der Waals surface area contributed by atoms with Crippen LogP contribution in [0.4, 0.5) is 5.69 Å². The van der Waals surface area contributed by atoms with E-state index in [4.69, 9.17) is 17.3 Å². The van der Waals surface area contributed by atoms with Crippen LogP contribution in [0.25, 0.3) is 0 Å². The molecule has 7 heteroatoms. The SMILES string of the molecule is CCCCn1nnnc1CSc1ccc(N)cc1Cl. The van der Waals surface area contributed by atoms with E-state index in [2.05, 4.69) is 22.4 Å². The van der Waals surface area contributed by atoms with E-state index in [1.807, 2.05) is 16.8 Å². The summed E-state index contributed by atoms with van der Waals surface area (Å²) in [5.41, 5.74) is 6.34. The molecule has 2 aromatic rings. The van der Waals surface area contributed by atoms with Gasteiger partial charge in [0.25, 0.3) is 0 Å². The number of rotatable bonds is 6. The Morgan fingerprint density at radius 3 is 3.00 bits per heavy atom. The van der Waals surface area contributed by atoms with E-state index in [0.717, 1.165) is 30.1 Å². The molecule has 0 aliphatic heterocycles. The molecule has 0 unspecified atom stereocenters. The Bertz CT molecular complexity index is 543. The number of aromatic nitrogens is 4. The maximum Gasteiger partial charge on any atom is 0.161 e. The van der Waals surface area contributed by atoms with Crippen LogP contribution in [0.5, 0.6) is 0 Å². The van der Waals surface area contributed by atoms with Crippen LogP contribution >= 0.6 is 23.4 Å². The lowest BCUT2D eigenvalue weighted by Crippen LogP contribution is -2.04. The second-order valence-corrected chi connectivity index (χ2v) is 5.57. The summed E-state index contributed by atoms with van der Waals surface area (Å²) in [6, 6.07) is 5.51. The van der Waals surface area contributed by atoms with Crippen LogP contribution in [0.2, 0.25) is 5.02 Å². The van der Waals surface area contributed by atoms with Crippen LogP contribution in [-0.4, -0.2) is 20.2 Å². The zero-order chi connectivity index (χ0) is 13.7. The van der Waals surface area contributed by atoms with E-state index in [9.17, 15) is 0 Å². The zero-order valence-corrected chi connectivity index (χ0v) is 12.3. The number of aryl methyl sites for hydroxylation is 1. The van der Waals surface area contributed by atoms with Crippen molar-refractivity contribution in [1.29, 1.82) is 0 Å². The summed E-state index contributed by atoms with van der Waals surface area (Å²) in [5, 5.41) is 12.4. The summed E-state index contributed by atoms with van der Waals surface area (Å²) in [4.78, 5) is 0.987. The summed E-state index contributed by atoms with van der Waals surface area (Å²) in [6.07, 6.45) is 2.20. The predicted molar refractivity (Wildman–Crippen MR) is 78.2 cm³/mol. The molecule has 1 aromatic heterocycles. The molecule has 0 spiro atoms. The fourth-order valence-corrected chi connectivity index (χ4v) is 2.79. The summed E-state index contributed by atoms with van der Waals surface area (Å²) in [7, 11) is 0. The van der Waals surface area contributed by atoms with Gasteiger partial charge in [0.2, 0.25) is 0 Å². The highest BCUT2D eigenvalue weighted by Gasteiger charge is 2.08. The van der Waals surface area contributed by atoms with Gasteiger partial charge in [0.15, 0.2) is 5.82 Å². The van der Waals surface area contributed by atoms with Crippen molar-refractivity contribution in [2.75, 3.05) is 5.73 Å². The molecule has 0 aliphatic rings. The Morgan fingerprint density at radius 1 is 1.42 bits per heavy atom. The topological polar surface area (TPSA) is 69.6 Å². The second-order valence-electron chi connectivity index (χ2n) is 4.15. The average molecular weight is 298 g/mol.